The van der Waals surface area contributed by atoms with Crippen molar-refractivity contribution < 1.29 is 4.74 Å². The van der Waals surface area contributed by atoms with Gasteiger partial charge in [0.25, 0.3) is 0 Å². The molecule has 0 aliphatic carbocycles. The molecule has 0 amide bonds. The highest BCUT2D eigenvalue weighted by molar-refractivity contribution is 5.56. The molecule has 5 nitrogen and oxygen atoms in total. The summed E-state index contributed by atoms with van der Waals surface area (Å²) in [5.74, 6) is 1.73. The molecule has 0 fully saturated rings. The van der Waals surface area contributed by atoms with Gasteiger partial charge in [0.15, 0.2) is 0 Å². The van der Waals surface area contributed by atoms with Crippen molar-refractivity contribution >= 4 is 17.5 Å². The fraction of sp³-hybridized carbons (Fsp3) is 0.286. The number of nitrogen functional groups attached to an aromatic ring is 1. The standard InChI is InChI=1S/C14H18N4O/c1-3-10(2)19-12-6-4-5-11(9-12)17-14-16-8-7-13(15)18-14/h4-10H,3H2,1-2H3,(H3,15,16,17,18). The predicted octanol–water partition coefficient (Wildman–Crippen LogP) is 2.98. The highest BCUT2D eigenvalue weighted by atomic mass is 16.5. The van der Waals surface area contributed by atoms with Crippen LogP contribution >= 0.6 is 0 Å². The Morgan fingerprint density at radius 1 is 1.37 bits per heavy atom. The fourth-order valence-corrected chi connectivity index (χ4v) is 1.52. The number of anilines is 3. The minimum atomic E-state index is 0.193. The highest BCUT2D eigenvalue weighted by Crippen LogP contribution is 2.21. The molecule has 0 spiro atoms. The molecule has 100 valence electrons. The summed E-state index contributed by atoms with van der Waals surface area (Å²) in [7, 11) is 0. The fourth-order valence-electron chi connectivity index (χ4n) is 1.52. The largest absolute Gasteiger partial charge is 0.491 e. The molecule has 0 saturated heterocycles. The average molecular weight is 258 g/mol. The third-order valence-corrected chi connectivity index (χ3v) is 2.68. The maximum Gasteiger partial charge on any atom is 0.229 e. The van der Waals surface area contributed by atoms with Gasteiger partial charge in [0.2, 0.25) is 5.95 Å². The van der Waals surface area contributed by atoms with Crippen LogP contribution in [0, 0.1) is 0 Å². The van der Waals surface area contributed by atoms with E-state index in [1.807, 2.05) is 31.2 Å². The Morgan fingerprint density at radius 2 is 2.21 bits per heavy atom. The molecule has 0 aliphatic heterocycles. The van der Waals surface area contributed by atoms with Gasteiger partial charge < -0.3 is 15.8 Å². The third kappa shape index (κ3) is 3.84. The van der Waals surface area contributed by atoms with Crippen LogP contribution in [0.1, 0.15) is 20.3 Å². The maximum absolute atomic E-state index is 5.76. The first kappa shape index (κ1) is 13.1. The first-order valence-electron chi connectivity index (χ1n) is 6.29. The van der Waals surface area contributed by atoms with Gasteiger partial charge in [-0.3, -0.25) is 0 Å². The molecule has 0 saturated carbocycles. The van der Waals surface area contributed by atoms with Gasteiger partial charge in [-0.15, -0.1) is 0 Å². The smallest absolute Gasteiger partial charge is 0.229 e. The molecular weight excluding hydrogens is 240 g/mol. The van der Waals surface area contributed by atoms with Gasteiger partial charge >= 0.3 is 0 Å². The molecule has 1 unspecified atom stereocenters. The Kier molecular flexibility index (Phi) is 4.18. The number of hydrogen-bond donors (Lipinski definition) is 2. The van der Waals surface area contributed by atoms with Gasteiger partial charge in [-0.2, -0.15) is 4.98 Å². The first-order chi connectivity index (χ1) is 9.17. The number of ether oxygens (including phenoxy) is 1. The zero-order valence-electron chi connectivity index (χ0n) is 11.1. The van der Waals surface area contributed by atoms with Crippen molar-refractivity contribution in [3.8, 4) is 5.75 Å². The molecule has 5 heteroatoms. The van der Waals surface area contributed by atoms with Crippen LogP contribution in [0.4, 0.5) is 17.5 Å². The summed E-state index contributed by atoms with van der Waals surface area (Å²) in [6.07, 6.45) is 2.78. The van der Waals surface area contributed by atoms with E-state index in [1.165, 1.54) is 0 Å². The Labute approximate surface area is 112 Å². The molecule has 0 radical (unpaired) electrons. The van der Waals surface area contributed by atoms with E-state index in [1.54, 1.807) is 12.3 Å². The van der Waals surface area contributed by atoms with E-state index in [0.717, 1.165) is 17.9 Å². The lowest BCUT2D eigenvalue weighted by atomic mass is 10.3. The Balaban J connectivity index is 2.10. The van der Waals surface area contributed by atoms with Crippen LogP contribution in [0.15, 0.2) is 36.5 Å². The van der Waals surface area contributed by atoms with E-state index in [4.69, 9.17) is 10.5 Å². The summed E-state index contributed by atoms with van der Waals surface area (Å²) in [4.78, 5) is 8.19. The van der Waals surface area contributed by atoms with Crippen LogP contribution in [-0.4, -0.2) is 16.1 Å². The van der Waals surface area contributed by atoms with Crippen molar-refractivity contribution in [2.75, 3.05) is 11.1 Å². The number of benzene rings is 1. The second kappa shape index (κ2) is 6.04. The van der Waals surface area contributed by atoms with Crippen molar-refractivity contribution in [2.24, 2.45) is 0 Å². The zero-order valence-corrected chi connectivity index (χ0v) is 11.1. The van der Waals surface area contributed by atoms with Crippen molar-refractivity contribution in [1.82, 2.24) is 9.97 Å². The monoisotopic (exact) mass is 258 g/mol. The summed E-state index contributed by atoms with van der Waals surface area (Å²) in [6, 6.07) is 9.34. The van der Waals surface area contributed by atoms with E-state index in [2.05, 4.69) is 22.2 Å². The lowest BCUT2D eigenvalue weighted by Crippen LogP contribution is -2.09. The van der Waals surface area contributed by atoms with E-state index in [9.17, 15) is 0 Å². The van der Waals surface area contributed by atoms with E-state index in [-0.39, 0.29) is 6.10 Å². The second-order valence-electron chi connectivity index (χ2n) is 4.29. The van der Waals surface area contributed by atoms with Crippen molar-refractivity contribution in [3.63, 3.8) is 0 Å². The summed E-state index contributed by atoms with van der Waals surface area (Å²) in [6.45, 7) is 4.13. The van der Waals surface area contributed by atoms with Gasteiger partial charge in [0.05, 0.1) is 6.10 Å². The lowest BCUT2D eigenvalue weighted by Gasteiger charge is -2.13. The van der Waals surface area contributed by atoms with Crippen molar-refractivity contribution in [1.29, 1.82) is 0 Å². The number of rotatable bonds is 5. The number of nitrogens with zero attached hydrogens (tertiary/aromatic N) is 2. The van der Waals surface area contributed by atoms with Crippen molar-refractivity contribution in [3.05, 3.63) is 36.5 Å². The predicted molar refractivity (Wildman–Crippen MR) is 76.6 cm³/mol. The molecule has 0 bridgehead atoms. The number of nitrogens with two attached hydrogens (primary N) is 1. The zero-order chi connectivity index (χ0) is 13.7. The van der Waals surface area contributed by atoms with E-state index >= 15 is 0 Å². The number of hydrogen-bond acceptors (Lipinski definition) is 5. The maximum atomic E-state index is 5.76. The minimum Gasteiger partial charge on any atom is -0.491 e. The summed E-state index contributed by atoms with van der Waals surface area (Å²) >= 11 is 0. The Morgan fingerprint density at radius 3 is 2.95 bits per heavy atom. The van der Waals surface area contributed by atoms with Crippen LogP contribution in [0.2, 0.25) is 0 Å². The second-order valence-corrected chi connectivity index (χ2v) is 4.29. The molecular formula is C14H18N4O. The SMILES string of the molecule is CCC(C)Oc1cccc(Nc2nccc(N)n2)c1. The summed E-state index contributed by atoms with van der Waals surface area (Å²) < 4.78 is 5.76. The van der Waals surface area contributed by atoms with E-state index in [0.29, 0.717) is 11.8 Å². The van der Waals surface area contributed by atoms with Gasteiger partial charge in [0, 0.05) is 18.0 Å². The minimum absolute atomic E-state index is 0.193. The van der Waals surface area contributed by atoms with Gasteiger partial charge in [-0.1, -0.05) is 13.0 Å². The van der Waals surface area contributed by atoms with Crippen LogP contribution in [-0.2, 0) is 0 Å². The normalized spacial score (nSPS) is 11.9. The molecule has 2 rings (SSSR count). The van der Waals surface area contributed by atoms with Crippen LogP contribution in [0.5, 0.6) is 5.75 Å². The van der Waals surface area contributed by atoms with Crippen molar-refractivity contribution in [2.45, 2.75) is 26.4 Å². The first-order valence-corrected chi connectivity index (χ1v) is 6.29. The molecule has 1 heterocycles. The molecule has 19 heavy (non-hydrogen) atoms. The Bertz CT molecular complexity index is 544. The van der Waals surface area contributed by atoms with Crippen LogP contribution < -0.4 is 15.8 Å². The highest BCUT2D eigenvalue weighted by Gasteiger charge is 2.03. The van der Waals surface area contributed by atoms with Crippen LogP contribution in [0.3, 0.4) is 0 Å². The lowest BCUT2D eigenvalue weighted by molar-refractivity contribution is 0.217. The summed E-state index contributed by atoms with van der Waals surface area (Å²) in [5.41, 5.74) is 6.48. The number of nitrogens with one attached hydrogen (secondary N) is 1. The van der Waals surface area contributed by atoms with Gasteiger partial charge in [-0.25, -0.2) is 4.98 Å². The molecule has 0 aliphatic rings. The average Bonchev–Trinajstić information content (AvgIpc) is 2.39. The molecule has 2 aromatic rings. The van der Waals surface area contributed by atoms with Gasteiger partial charge in [0.1, 0.15) is 11.6 Å². The number of aromatic nitrogens is 2. The molecule has 1 atom stereocenters. The van der Waals surface area contributed by atoms with Crippen LogP contribution in [0.25, 0.3) is 0 Å². The molecule has 3 N–H and O–H groups in total. The topological polar surface area (TPSA) is 73.1 Å². The van der Waals surface area contributed by atoms with Gasteiger partial charge in [-0.05, 0) is 31.5 Å². The molecule has 1 aromatic carbocycles. The molecule has 1 aromatic heterocycles. The third-order valence-electron chi connectivity index (χ3n) is 2.68. The Hall–Kier alpha value is -2.30. The quantitative estimate of drug-likeness (QED) is 0.862. The summed E-state index contributed by atoms with van der Waals surface area (Å²) in [5, 5.41) is 3.09. The van der Waals surface area contributed by atoms with E-state index < -0.39 is 0 Å².